The maximum Gasteiger partial charge on any atom is 0.251 e. The number of aryl methyl sites for hydroxylation is 1. The molecule has 1 atom stereocenters. The van der Waals surface area contributed by atoms with Gasteiger partial charge in [0.25, 0.3) is 5.91 Å². The van der Waals surface area contributed by atoms with Crippen molar-refractivity contribution in [3.8, 4) is 5.75 Å². The second-order valence-electron chi connectivity index (χ2n) is 7.34. The number of carbonyl (C=O) groups is 1. The Morgan fingerprint density at radius 2 is 1.78 bits per heavy atom. The molecule has 0 aliphatic carbocycles. The zero-order valence-corrected chi connectivity index (χ0v) is 16.6. The molecule has 4 nitrogen and oxygen atoms in total. The molecule has 144 valence electrons. The number of carbonyl (C=O) groups excluding carboxylic acids is 1. The summed E-state index contributed by atoms with van der Waals surface area (Å²) in [5.74, 6) is 0.863. The molecule has 1 amide bonds. The SMILES string of the molecule is COc1ccc([C@H](CNC(=O)c2cccc(C)c2C)N2CCCCC2)cc1. The summed E-state index contributed by atoms with van der Waals surface area (Å²) < 4.78 is 5.29. The van der Waals surface area contributed by atoms with Crippen LogP contribution in [-0.2, 0) is 0 Å². The fourth-order valence-corrected chi connectivity index (χ4v) is 3.80. The quantitative estimate of drug-likeness (QED) is 0.830. The molecule has 27 heavy (non-hydrogen) atoms. The molecule has 0 spiro atoms. The van der Waals surface area contributed by atoms with Crippen LogP contribution in [0.15, 0.2) is 42.5 Å². The van der Waals surface area contributed by atoms with Gasteiger partial charge in [-0.3, -0.25) is 9.69 Å². The standard InChI is InChI=1S/C23H30N2O2/c1-17-8-7-9-21(18(17)2)23(26)24-16-22(25-14-5-4-6-15-25)19-10-12-20(27-3)13-11-19/h7-13,22H,4-6,14-16H2,1-3H3,(H,24,26)/t22-/m0/s1. The number of benzene rings is 2. The van der Waals surface area contributed by atoms with E-state index in [0.29, 0.717) is 6.54 Å². The molecule has 0 unspecified atom stereocenters. The van der Waals surface area contributed by atoms with Gasteiger partial charge in [-0.05, 0) is 74.7 Å². The lowest BCUT2D eigenvalue weighted by Crippen LogP contribution is -2.40. The van der Waals surface area contributed by atoms with Gasteiger partial charge in [0.1, 0.15) is 5.75 Å². The van der Waals surface area contributed by atoms with Gasteiger partial charge in [-0.2, -0.15) is 0 Å². The van der Waals surface area contributed by atoms with Gasteiger partial charge in [0.2, 0.25) is 0 Å². The van der Waals surface area contributed by atoms with E-state index in [4.69, 9.17) is 4.74 Å². The average molecular weight is 367 g/mol. The van der Waals surface area contributed by atoms with Crippen LogP contribution in [0.1, 0.15) is 52.4 Å². The van der Waals surface area contributed by atoms with Crippen molar-refractivity contribution in [1.82, 2.24) is 10.2 Å². The van der Waals surface area contributed by atoms with E-state index < -0.39 is 0 Å². The van der Waals surface area contributed by atoms with Crippen molar-refractivity contribution in [2.45, 2.75) is 39.2 Å². The Morgan fingerprint density at radius 3 is 2.44 bits per heavy atom. The topological polar surface area (TPSA) is 41.6 Å². The van der Waals surface area contributed by atoms with E-state index in [1.807, 2.05) is 44.2 Å². The molecule has 1 heterocycles. The summed E-state index contributed by atoms with van der Waals surface area (Å²) >= 11 is 0. The van der Waals surface area contributed by atoms with Gasteiger partial charge in [0, 0.05) is 12.1 Å². The van der Waals surface area contributed by atoms with Crippen molar-refractivity contribution >= 4 is 5.91 Å². The first kappa shape index (κ1) is 19.4. The molecule has 1 saturated heterocycles. The summed E-state index contributed by atoms with van der Waals surface area (Å²) in [5, 5.41) is 3.18. The molecule has 4 heteroatoms. The normalized spacial score (nSPS) is 16.0. The van der Waals surface area contributed by atoms with Gasteiger partial charge in [-0.1, -0.05) is 30.7 Å². The number of hydrogen-bond donors (Lipinski definition) is 1. The van der Waals surface area contributed by atoms with Crippen molar-refractivity contribution in [3.63, 3.8) is 0 Å². The van der Waals surface area contributed by atoms with Crippen LogP contribution in [0.25, 0.3) is 0 Å². The van der Waals surface area contributed by atoms with E-state index in [1.54, 1.807) is 7.11 Å². The predicted octanol–water partition coefficient (Wildman–Crippen LogP) is 4.27. The Hall–Kier alpha value is -2.33. The third-order valence-electron chi connectivity index (χ3n) is 5.64. The van der Waals surface area contributed by atoms with E-state index >= 15 is 0 Å². The van der Waals surface area contributed by atoms with E-state index in [-0.39, 0.29) is 11.9 Å². The number of ether oxygens (including phenoxy) is 1. The lowest BCUT2D eigenvalue weighted by atomic mass is 10.0. The molecule has 1 aliphatic heterocycles. The molecular formula is C23H30N2O2. The Kier molecular flexibility index (Phi) is 6.51. The minimum absolute atomic E-state index is 0.00622. The van der Waals surface area contributed by atoms with Crippen molar-refractivity contribution in [3.05, 3.63) is 64.7 Å². The zero-order valence-electron chi connectivity index (χ0n) is 16.6. The number of methoxy groups -OCH3 is 1. The third-order valence-corrected chi connectivity index (χ3v) is 5.64. The van der Waals surface area contributed by atoms with Crippen LogP contribution in [-0.4, -0.2) is 37.6 Å². The van der Waals surface area contributed by atoms with Crippen LogP contribution in [0.5, 0.6) is 5.75 Å². The van der Waals surface area contributed by atoms with Crippen molar-refractivity contribution in [2.24, 2.45) is 0 Å². The van der Waals surface area contributed by atoms with Crippen molar-refractivity contribution < 1.29 is 9.53 Å². The summed E-state index contributed by atoms with van der Waals surface area (Å²) in [6.07, 6.45) is 3.73. The zero-order chi connectivity index (χ0) is 19.2. The molecule has 1 aliphatic rings. The Morgan fingerprint density at radius 1 is 1.07 bits per heavy atom. The highest BCUT2D eigenvalue weighted by molar-refractivity contribution is 5.95. The van der Waals surface area contributed by atoms with Crippen LogP contribution < -0.4 is 10.1 Å². The fraction of sp³-hybridized carbons (Fsp3) is 0.435. The molecular weight excluding hydrogens is 336 g/mol. The first-order chi connectivity index (χ1) is 13.1. The van der Waals surface area contributed by atoms with Gasteiger partial charge in [-0.15, -0.1) is 0 Å². The molecule has 0 radical (unpaired) electrons. The number of piperidine rings is 1. The molecule has 1 N–H and O–H groups in total. The summed E-state index contributed by atoms with van der Waals surface area (Å²) in [6.45, 7) is 6.82. The van der Waals surface area contributed by atoms with Crippen molar-refractivity contribution in [1.29, 1.82) is 0 Å². The van der Waals surface area contributed by atoms with Crippen LogP contribution >= 0.6 is 0 Å². The highest BCUT2D eigenvalue weighted by Crippen LogP contribution is 2.26. The van der Waals surface area contributed by atoms with Gasteiger partial charge < -0.3 is 10.1 Å². The first-order valence-electron chi connectivity index (χ1n) is 9.82. The Balaban J connectivity index is 1.76. The Labute approximate surface area is 162 Å². The van der Waals surface area contributed by atoms with Crippen molar-refractivity contribution in [2.75, 3.05) is 26.7 Å². The highest BCUT2D eigenvalue weighted by Gasteiger charge is 2.23. The second-order valence-corrected chi connectivity index (χ2v) is 7.34. The molecule has 0 bridgehead atoms. The molecule has 2 aromatic rings. The van der Waals surface area contributed by atoms with Gasteiger partial charge in [-0.25, -0.2) is 0 Å². The second kappa shape index (κ2) is 9.05. The maximum absolute atomic E-state index is 12.8. The van der Waals surface area contributed by atoms with Crippen LogP contribution in [0.2, 0.25) is 0 Å². The van der Waals surface area contributed by atoms with Gasteiger partial charge in [0.15, 0.2) is 0 Å². The highest BCUT2D eigenvalue weighted by atomic mass is 16.5. The lowest BCUT2D eigenvalue weighted by Gasteiger charge is -2.35. The molecule has 3 rings (SSSR count). The van der Waals surface area contributed by atoms with Crippen LogP contribution in [0, 0.1) is 13.8 Å². The van der Waals surface area contributed by atoms with E-state index in [9.17, 15) is 4.79 Å². The maximum atomic E-state index is 12.8. The summed E-state index contributed by atoms with van der Waals surface area (Å²) in [7, 11) is 1.68. The van der Waals surface area contributed by atoms with E-state index in [0.717, 1.165) is 35.5 Å². The minimum Gasteiger partial charge on any atom is -0.497 e. The summed E-state index contributed by atoms with van der Waals surface area (Å²) in [4.78, 5) is 15.3. The number of rotatable bonds is 6. The number of amides is 1. The number of nitrogens with zero attached hydrogens (tertiary/aromatic N) is 1. The molecule has 1 fully saturated rings. The van der Waals surface area contributed by atoms with Crippen LogP contribution in [0.3, 0.4) is 0 Å². The number of likely N-dealkylation sites (tertiary alicyclic amines) is 1. The largest absolute Gasteiger partial charge is 0.497 e. The average Bonchev–Trinajstić information content (AvgIpc) is 2.71. The number of hydrogen-bond acceptors (Lipinski definition) is 3. The smallest absolute Gasteiger partial charge is 0.251 e. The van der Waals surface area contributed by atoms with Crippen LogP contribution in [0.4, 0.5) is 0 Å². The first-order valence-corrected chi connectivity index (χ1v) is 9.82. The summed E-state index contributed by atoms with van der Waals surface area (Å²) in [6, 6.07) is 14.3. The fourth-order valence-electron chi connectivity index (χ4n) is 3.80. The predicted molar refractivity (Wildman–Crippen MR) is 109 cm³/mol. The monoisotopic (exact) mass is 366 g/mol. The Bertz CT molecular complexity index is 764. The van der Waals surface area contributed by atoms with Gasteiger partial charge in [0.05, 0.1) is 13.2 Å². The van der Waals surface area contributed by atoms with E-state index in [1.165, 1.54) is 24.8 Å². The minimum atomic E-state index is 0.00622. The summed E-state index contributed by atoms with van der Waals surface area (Å²) in [5.41, 5.74) is 4.18. The molecule has 2 aromatic carbocycles. The molecule has 0 saturated carbocycles. The van der Waals surface area contributed by atoms with Gasteiger partial charge >= 0.3 is 0 Å². The number of nitrogens with one attached hydrogen (secondary N) is 1. The van der Waals surface area contributed by atoms with E-state index in [2.05, 4.69) is 22.3 Å². The lowest BCUT2D eigenvalue weighted by molar-refractivity contribution is 0.0923. The molecule has 0 aromatic heterocycles. The third kappa shape index (κ3) is 4.69.